The Morgan fingerprint density at radius 3 is 2.67 bits per heavy atom. The van der Waals surface area contributed by atoms with Crippen molar-refractivity contribution in [3.63, 3.8) is 0 Å². The maximum atomic E-state index is 12.8. The highest BCUT2D eigenvalue weighted by Gasteiger charge is 2.30. The number of piperidine rings is 1. The molecular formula is C20H28N2O5. The van der Waals surface area contributed by atoms with Crippen LogP contribution in [0.15, 0.2) is 30.3 Å². The molecule has 0 bridgehead atoms. The van der Waals surface area contributed by atoms with E-state index in [1.54, 1.807) is 11.8 Å². The number of hydrogen-bond acceptors (Lipinski definition) is 5. The van der Waals surface area contributed by atoms with E-state index in [9.17, 15) is 14.4 Å². The van der Waals surface area contributed by atoms with Crippen LogP contribution in [0.3, 0.4) is 0 Å². The smallest absolute Gasteiger partial charge is 0.409 e. The third kappa shape index (κ3) is 6.58. The van der Waals surface area contributed by atoms with Crippen LogP contribution in [0.2, 0.25) is 0 Å². The summed E-state index contributed by atoms with van der Waals surface area (Å²) in [6.45, 7) is 3.00. The summed E-state index contributed by atoms with van der Waals surface area (Å²) in [4.78, 5) is 38.0. The van der Waals surface area contributed by atoms with E-state index in [1.165, 1.54) is 7.11 Å². The number of rotatable bonds is 7. The minimum Gasteiger partial charge on any atom is -0.469 e. The third-order valence-corrected chi connectivity index (χ3v) is 4.63. The number of hydrogen-bond donors (Lipinski definition) is 1. The van der Waals surface area contributed by atoms with Gasteiger partial charge >= 0.3 is 12.1 Å². The lowest BCUT2D eigenvalue weighted by atomic mass is 9.96. The minimum absolute atomic E-state index is 0.103. The van der Waals surface area contributed by atoms with E-state index in [4.69, 9.17) is 9.47 Å². The Bertz CT molecular complexity index is 635. The second-order valence-electron chi connectivity index (χ2n) is 6.66. The number of likely N-dealkylation sites (tertiary alicyclic amines) is 1. The number of ether oxygens (including phenoxy) is 2. The van der Waals surface area contributed by atoms with E-state index in [0.717, 1.165) is 12.0 Å². The first-order valence-electron chi connectivity index (χ1n) is 9.36. The molecule has 27 heavy (non-hydrogen) atoms. The maximum absolute atomic E-state index is 12.8. The summed E-state index contributed by atoms with van der Waals surface area (Å²) in [5.74, 6) is -0.819. The number of benzene rings is 1. The quantitative estimate of drug-likeness (QED) is 0.737. The fourth-order valence-electron chi connectivity index (χ4n) is 3.25. The Labute approximate surface area is 160 Å². The Morgan fingerprint density at radius 2 is 2.00 bits per heavy atom. The highest BCUT2D eigenvalue weighted by molar-refractivity contribution is 5.81. The van der Waals surface area contributed by atoms with Crippen LogP contribution in [0.5, 0.6) is 0 Å². The SMILES string of the molecule is CCOC(=O)N1CCC[C@@H](C(=O)N[C@@H](CC(=O)OC)Cc2ccccc2)C1. The van der Waals surface area contributed by atoms with Crippen LogP contribution in [0.1, 0.15) is 31.7 Å². The predicted molar refractivity (Wildman–Crippen MR) is 100 cm³/mol. The van der Waals surface area contributed by atoms with Gasteiger partial charge in [-0.25, -0.2) is 4.79 Å². The summed E-state index contributed by atoms with van der Waals surface area (Å²) >= 11 is 0. The molecule has 0 spiro atoms. The average molecular weight is 376 g/mol. The molecule has 1 aromatic carbocycles. The molecule has 1 aliphatic rings. The van der Waals surface area contributed by atoms with Gasteiger partial charge in [0.1, 0.15) is 0 Å². The van der Waals surface area contributed by atoms with Crippen molar-refractivity contribution in [2.45, 2.75) is 38.6 Å². The van der Waals surface area contributed by atoms with Crippen molar-refractivity contribution in [2.75, 3.05) is 26.8 Å². The lowest BCUT2D eigenvalue weighted by molar-refractivity contribution is -0.141. The van der Waals surface area contributed by atoms with Gasteiger partial charge < -0.3 is 19.7 Å². The predicted octanol–water partition coefficient (Wildman–Crippen LogP) is 2.15. The summed E-state index contributed by atoms with van der Waals surface area (Å²) in [6, 6.07) is 9.32. The summed E-state index contributed by atoms with van der Waals surface area (Å²) in [5.41, 5.74) is 1.03. The van der Waals surface area contributed by atoms with Gasteiger partial charge in [-0.1, -0.05) is 30.3 Å². The summed E-state index contributed by atoms with van der Waals surface area (Å²) < 4.78 is 9.79. The molecule has 0 aliphatic carbocycles. The van der Waals surface area contributed by atoms with Crippen molar-refractivity contribution in [1.29, 1.82) is 0 Å². The van der Waals surface area contributed by atoms with Crippen LogP contribution >= 0.6 is 0 Å². The van der Waals surface area contributed by atoms with Gasteiger partial charge in [-0.05, 0) is 31.7 Å². The monoisotopic (exact) mass is 376 g/mol. The maximum Gasteiger partial charge on any atom is 0.409 e. The number of nitrogens with zero attached hydrogens (tertiary/aromatic N) is 1. The molecule has 148 valence electrons. The number of carbonyl (C=O) groups excluding carboxylic acids is 3. The molecule has 1 heterocycles. The lowest BCUT2D eigenvalue weighted by Gasteiger charge is -2.32. The molecule has 2 atom stereocenters. The minimum atomic E-state index is -0.384. The largest absolute Gasteiger partial charge is 0.469 e. The first-order chi connectivity index (χ1) is 13.0. The Hall–Kier alpha value is -2.57. The summed E-state index contributed by atoms with van der Waals surface area (Å²) in [6.07, 6.45) is 1.71. The van der Waals surface area contributed by atoms with Gasteiger partial charge in [0, 0.05) is 19.1 Å². The normalized spacial score (nSPS) is 17.7. The van der Waals surface area contributed by atoms with E-state index in [2.05, 4.69) is 5.32 Å². The highest BCUT2D eigenvalue weighted by Crippen LogP contribution is 2.18. The van der Waals surface area contributed by atoms with Gasteiger partial charge in [-0.15, -0.1) is 0 Å². The Balaban J connectivity index is 1.99. The van der Waals surface area contributed by atoms with E-state index in [-0.39, 0.29) is 36.4 Å². The van der Waals surface area contributed by atoms with Crippen molar-refractivity contribution in [3.05, 3.63) is 35.9 Å². The van der Waals surface area contributed by atoms with E-state index in [1.807, 2.05) is 30.3 Å². The molecule has 7 heteroatoms. The van der Waals surface area contributed by atoms with E-state index < -0.39 is 0 Å². The third-order valence-electron chi connectivity index (χ3n) is 4.63. The number of methoxy groups -OCH3 is 1. The fourth-order valence-corrected chi connectivity index (χ4v) is 3.25. The van der Waals surface area contributed by atoms with Crippen molar-refractivity contribution < 1.29 is 23.9 Å². The van der Waals surface area contributed by atoms with E-state index in [0.29, 0.717) is 32.5 Å². The van der Waals surface area contributed by atoms with Crippen molar-refractivity contribution >= 4 is 18.0 Å². The number of amides is 2. The van der Waals surface area contributed by atoms with Gasteiger partial charge in [-0.3, -0.25) is 9.59 Å². The number of carbonyl (C=O) groups is 3. The van der Waals surface area contributed by atoms with Gasteiger partial charge in [-0.2, -0.15) is 0 Å². The first kappa shape index (κ1) is 20.7. The Kier molecular flexibility index (Phi) is 8.10. The van der Waals surface area contributed by atoms with Gasteiger partial charge in [0.15, 0.2) is 0 Å². The number of esters is 1. The highest BCUT2D eigenvalue weighted by atomic mass is 16.6. The topological polar surface area (TPSA) is 84.9 Å². The van der Waals surface area contributed by atoms with Crippen LogP contribution in [0, 0.1) is 5.92 Å². The molecule has 0 saturated carbocycles. The molecule has 0 radical (unpaired) electrons. The second-order valence-corrected chi connectivity index (χ2v) is 6.66. The zero-order chi connectivity index (χ0) is 19.6. The van der Waals surface area contributed by atoms with Crippen LogP contribution in [-0.2, 0) is 25.5 Å². The van der Waals surface area contributed by atoms with Crippen LogP contribution < -0.4 is 5.32 Å². The van der Waals surface area contributed by atoms with Crippen molar-refractivity contribution in [2.24, 2.45) is 5.92 Å². The van der Waals surface area contributed by atoms with Crippen LogP contribution in [-0.4, -0.2) is 55.7 Å². The fraction of sp³-hybridized carbons (Fsp3) is 0.550. The Morgan fingerprint density at radius 1 is 1.26 bits per heavy atom. The van der Waals surface area contributed by atoms with Crippen LogP contribution in [0.25, 0.3) is 0 Å². The molecule has 2 amide bonds. The zero-order valence-electron chi connectivity index (χ0n) is 16.0. The molecule has 0 unspecified atom stereocenters. The second kappa shape index (κ2) is 10.5. The standard InChI is InChI=1S/C20H28N2O5/c1-3-27-20(25)22-11-7-10-16(14-22)19(24)21-17(13-18(23)26-2)12-15-8-5-4-6-9-15/h4-6,8-9,16-17H,3,7,10-14H2,1-2H3,(H,21,24)/t16-,17-/m1/s1. The lowest BCUT2D eigenvalue weighted by Crippen LogP contribution is -2.48. The van der Waals surface area contributed by atoms with Gasteiger partial charge in [0.25, 0.3) is 0 Å². The first-order valence-corrected chi connectivity index (χ1v) is 9.36. The molecule has 1 saturated heterocycles. The van der Waals surface area contributed by atoms with Gasteiger partial charge in [0.05, 0.1) is 26.1 Å². The van der Waals surface area contributed by atoms with Gasteiger partial charge in [0.2, 0.25) is 5.91 Å². The zero-order valence-corrected chi connectivity index (χ0v) is 16.0. The molecular weight excluding hydrogens is 348 g/mol. The molecule has 2 rings (SSSR count). The summed E-state index contributed by atoms with van der Waals surface area (Å²) in [7, 11) is 1.34. The van der Waals surface area contributed by atoms with Crippen molar-refractivity contribution in [3.8, 4) is 0 Å². The molecule has 1 aromatic rings. The molecule has 1 fully saturated rings. The summed E-state index contributed by atoms with van der Waals surface area (Å²) in [5, 5.41) is 2.97. The van der Waals surface area contributed by atoms with E-state index >= 15 is 0 Å². The molecule has 0 aromatic heterocycles. The molecule has 1 aliphatic heterocycles. The van der Waals surface area contributed by atoms with Crippen LogP contribution in [0.4, 0.5) is 4.79 Å². The average Bonchev–Trinajstić information content (AvgIpc) is 2.68. The van der Waals surface area contributed by atoms with Crippen molar-refractivity contribution in [1.82, 2.24) is 10.2 Å². The molecule has 1 N–H and O–H groups in total. The number of nitrogens with one attached hydrogen (secondary N) is 1. The molecule has 7 nitrogen and oxygen atoms in total.